The highest BCUT2D eigenvalue weighted by Gasteiger charge is 2.42. The molecule has 1 aromatic heterocycles. The van der Waals surface area contributed by atoms with Crippen molar-refractivity contribution in [3.8, 4) is 16.8 Å². The summed E-state index contributed by atoms with van der Waals surface area (Å²) in [6.07, 6.45) is 0. The molecule has 0 bridgehead atoms. The molecule has 0 fully saturated rings. The van der Waals surface area contributed by atoms with Crippen molar-refractivity contribution in [2.24, 2.45) is 0 Å². The van der Waals surface area contributed by atoms with Crippen LogP contribution in [-0.4, -0.2) is 12.6 Å². The van der Waals surface area contributed by atoms with Crippen LogP contribution in [0.5, 0.6) is 0 Å². The number of benzene rings is 11. The minimum Gasteiger partial charge on any atom is -0.309 e. The number of aromatic nitrogens is 1. The minimum absolute atomic E-state index is 0.143. The first-order chi connectivity index (χ1) is 31.3. The Morgan fingerprint density at radius 3 is 1.52 bits per heavy atom. The normalized spacial score (nSPS) is 13.6. The van der Waals surface area contributed by atoms with E-state index in [1.54, 1.807) is 0 Å². The maximum atomic E-state index is 2.55. The van der Waals surface area contributed by atoms with E-state index in [1.165, 1.54) is 108 Å². The van der Waals surface area contributed by atoms with E-state index >= 15 is 0 Å². The molecule has 1 atom stereocenters. The molecule has 0 saturated carbocycles. The minimum atomic E-state index is -2.98. The van der Waals surface area contributed by atoms with Gasteiger partial charge in [-0.05, 0) is 105 Å². The first kappa shape index (κ1) is 35.9. The van der Waals surface area contributed by atoms with Crippen molar-refractivity contribution in [2.45, 2.75) is 5.92 Å². The standard InChI is InChI=1S/C61H41NSi/c1-4-19-41(20-5-1)59-53-32-15-14-31-51(53)54-37-38-58-60(61(54)59)55-33-16-17-34-57(55)62(58)42-21-18-26-45(39-42)63(43-22-6-2-7-23-43,44-24-8-3-9-25-44)46-35-36-52-49-29-11-10-27-47(49)48-28-12-13-30-50(48)56(52)40-46/h1-40,59H. The molecule has 1 nitrogen and oxygen atoms in total. The maximum absolute atomic E-state index is 2.98. The summed E-state index contributed by atoms with van der Waals surface area (Å²) in [5, 5.41) is 15.8. The number of hydrogen-bond acceptors (Lipinski definition) is 0. The summed E-state index contributed by atoms with van der Waals surface area (Å²) < 4.78 is 2.54. The van der Waals surface area contributed by atoms with Crippen LogP contribution in [0.4, 0.5) is 0 Å². The van der Waals surface area contributed by atoms with Gasteiger partial charge in [-0.3, -0.25) is 0 Å². The van der Waals surface area contributed by atoms with Crippen LogP contribution in [0.1, 0.15) is 22.6 Å². The summed E-state index contributed by atoms with van der Waals surface area (Å²) in [5.41, 5.74) is 10.4. The van der Waals surface area contributed by atoms with Crippen molar-refractivity contribution in [1.29, 1.82) is 0 Å². The lowest BCUT2D eigenvalue weighted by molar-refractivity contribution is 1.03. The Morgan fingerprint density at radius 1 is 0.317 bits per heavy atom. The molecule has 0 saturated heterocycles. The van der Waals surface area contributed by atoms with Crippen LogP contribution in [-0.2, 0) is 0 Å². The van der Waals surface area contributed by atoms with E-state index in [0.29, 0.717) is 0 Å². The van der Waals surface area contributed by atoms with E-state index in [4.69, 9.17) is 0 Å². The van der Waals surface area contributed by atoms with Gasteiger partial charge in [0.2, 0.25) is 0 Å². The molecule has 13 rings (SSSR count). The van der Waals surface area contributed by atoms with Crippen LogP contribution in [0.15, 0.2) is 243 Å². The van der Waals surface area contributed by atoms with Crippen molar-refractivity contribution in [3.63, 3.8) is 0 Å². The molecule has 1 unspecified atom stereocenters. The van der Waals surface area contributed by atoms with E-state index in [9.17, 15) is 0 Å². The molecule has 12 aromatic rings. The van der Waals surface area contributed by atoms with Crippen LogP contribution in [0, 0.1) is 0 Å². The topological polar surface area (TPSA) is 4.93 Å². The van der Waals surface area contributed by atoms with Crippen LogP contribution in [0.25, 0.3) is 70.9 Å². The molecule has 11 aromatic carbocycles. The van der Waals surface area contributed by atoms with Crippen molar-refractivity contribution in [3.05, 3.63) is 259 Å². The van der Waals surface area contributed by atoms with Gasteiger partial charge >= 0.3 is 0 Å². The highest BCUT2D eigenvalue weighted by atomic mass is 28.3. The predicted octanol–water partition coefficient (Wildman–Crippen LogP) is 12.8. The van der Waals surface area contributed by atoms with Gasteiger partial charge in [0.15, 0.2) is 8.07 Å². The first-order valence-corrected chi connectivity index (χ1v) is 24.0. The van der Waals surface area contributed by atoms with E-state index in [1.807, 2.05) is 0 Å². The highest BCUT2D eigenvalue weighted by molar-refractivity contribution is 7.20. The molecule has 294 valence electrons. The van der Waals surface area contributed by atoms with Crippen molar-refractivity contribution < 1.29 is 0 Å². The highest BCUT2D eigenvalue weighted by Crippen LogP contribution is 2.52. The molecule has 63 heavy (non-hydrogen) atoms. The first-order valence-electron chi connectivity index (χ1n) is 22.0. The average molecular weight is 816 g/mol. The zero-order valence-corrected chi connectivity index (χ0v) is 35.6. The second kappa shape index (κ2) is 14.1. The molecule has 1 aliphatic rings. The van der Waals surface area contributed by atoms with Gasteiger partial charge in [0.25, 0.3) is 0 Å². The third kappa shape index (κ3) is 5.22. The van der Waals surface area contributed by atoms with Crippen LogP contribution < -0.4 is 20.7 Å². The van der Waals surface area contributed by atoms with Gasteiger partial charge in [0, 0.05) is 22.4 Å². The lowest BCUT2D eigenvalue weighted by atomic mass is 9.87. The molecule has 1 heterocycles. The third-order valence-electron chi connectivity index (χ3n) is 14.0. The summed E-state index contributed by atoms with van der Waals surface area (Å²) in [6.45, 7) is 0. The molecule has 2 heteroatoms. The van der Waals surface area contributed by atoms with Gasteiger partial charge in [-0.1, -0.05) is 218 Å². The van der Waals surface area contributed by atoms with E-state index in [0.717, 1.165) is 0 Å². The Labute approximate surface area is 367 Å². The number of nitrogens with zero attached hydrogens (tertiary/aromatic N) is 1. The van der Waals surface area contributed by atoms with Gasteiger partial charge in [0.1, 0.15) is 0 Å². The van der Waals surface area contributed by atoms with E-state index in [2.05, 4.69) is 247 Å². The van der Waals surface area contributed by atoms with Gasteiger partial charge in [0.05, 0.1) is 11.0 Å². The van der Waals surface area contributed by atoms with Crippen LogP contribution in [0.2, 0.25) is 0 Å². The molecular formula is C61H41NSi. The van der Waals surface area contributed by atoms with Gasteiger partial charge in [-0.2, -0.15) is 0 Å². The molecule has 1 aliphatic carbocycles. The molecular weight excluding hydrogens is 775 g/mol. The van der Waals surface area contributed by atoms with E-state index < -0.39 is 8.07 Å². The zero-order valence-electron chi connectivity index (χ0n) is 34.6. The molecule has 0 radical (unpaired) electrons. The van der Waals surface area contributed by atoms with Crippen molar-refractivity contribution >= 4 is 82.9 Å². The second-order valence-electron chi connectivity index (χ2n) is 17.1. The van der Waals surface area contributed by atoms with Crippen molar-refractivity contribution in [2.75, 3.05) is 0 Å². The van der Waals surface area contributed by atoms with Gasteiger partial charge in [-0.25, -0.2) is 0 Å². The zero-order chi connectivity index (χ0) is 41.5. The Bertz CT molecular complexity index is 3660. The van der Waals surface area contributed by atoms with E-state index in [-0.39, 0.29) is 5.92 Å². The number of hydrogen-bond donors (Lipinski definition) is 0. The smallest absolute Gasteiger partial charge is 0.179 e. The van der Waals surface area contributed by atoms with Crippen molar-refractivity contribution in [1.82, 2.24) is 4.57 Å². The molecule has 0 amide bonds. The predicted molar refractivity (Wildman–Crippen MR) is 270 cm³/mol. The number of para-hydroxylation sites is 1. The maximum Gasteiger partial charge on any atom is 0.179 e. The largest absolute Gasteiger partial charge is 0.309 e. The average Bonchev–Trinajstić information content (AvgIpc) is 3.88. The monoisotopic (exact) mass is 815 g/mol. The van der Waals surface area contributed by atoms with Gasteiger partial charge in [-0.15, -0.1) is 0 Å². The Kier molecular flexibility index (Phi) is 8.06. The van der Waals surface area contributed by atoms with Crippen LogP contribution >= 0.6 is 0 Å². The summed E-state index contributed by atoms with van der Waals surface area (Å²) in [6, 6.07) is 91.4. The van der Waals surface area contributed by atoms with Crippen LogP contribution in [0.3, 0.4) is 0 Å². The fraction of sp³-hybridized carbons (Fsp3) is 0.0164. The molecule has 0 N–H and O–H groups in total. The Hall–Kier alpha value is -7.78. The summed E-state index contributed by atoms with van der Waals surface area (Å²) in [7, 11) is -2.98. The third-order valence-corrected chi connectivity index (χ3v) is 18.7. The lowest BCUT2D eigenvalue weighted by Gasteiger charge is -2.35. The Morgan fingerprint density at radius 2 is 0.841 bits per heavy atom. The quantitative estimate of drug-likeness (QED) is 0.0895. The number of rotatable bonds is 6. The van der Waals surface area contributed by atoms with Gasteiger partial charge < -0.3 is 4.57 Å². The fourth-order valence-electron chi connectivity index (χ4n) is 11.4. The second-order valence-corrected chi connectivity index (χ2v) is 20.9. The summed E-state index contributed by atoms with van der Waals surface area (Å²) in [5.74, 6) is 0.143. The number of fused-ring (bicyclic) bond motifs is 13. The molecule has 0 aliphatic heterocycles. The summed E-state index contributed by atoms with van der Waals surface area (Å²) >= 11 is 0. The summed E-state index contributed by atoms with van der Waals surface area (Å²) in [4.78, 5) is 0. The molecule has 0 spiro atoms. The fourth-order valence-corrected chi connectivity index (χ4v) is 16.2. The Balaban J connectivity index is 1.11. The lowest BCUT2D eigenvalue weighted by Crippen LogP contribution is -2.74. The SMILES string of the molecule is c1ccc(C2c3ccccc3-c3ccc4c(c32)c2ccccc2n4-c2cccc([Si](c3ccccc3)(c3ccccc3)c3ccc4c5ccccc5c5ccccc5c4c3)c2)cc1.